The number of carboxylic acid groups (broad SMARTS) is 1. The third-order valence-electron chi connectivity index (χ3n) is 5.58. The van der Waals surface area contributed by atoms with Crippen molar-refractivity contribution in [1.29, 1.82) is 0 Å². The minimum Gasteiger partial charge on any atom is -0.481 e. The average molecular weight is 371 g/mol. The zero-order valence-corrected chi connectivity index (χ0v) is 17.5. The number of hydrogen-bond acceptors (Lipinski definition) is 4. The molecule has 0 aliphatic rings. The second kappa shape index (κ2) is 11.3. The number of nitrogens with one attached hydrogen (secondary N) is 2. The van der Waals surface area contributed by atoms with Crippen LogP contribution in [0.2, 0.25) is 0 Å². The van der Waals surface area contributed by atoms with Crippen LogP contribution in [0, 0.1) is 11.8 Å². The van der Waals surface area contributed by atoms with Gasteiger partial charge in [0.15, 0.2) is 5.78 Å². The maximum atomic E-state index is 12.8. The van der Waals surface area contributed by atoms with Crippen LogP contribution in [-0.4, -0.2) is 40.4 Å². The Morgan fingerprint density at radius 1 is 1.00 bits per heavy atom. The number of amides is 1. The molecule has 0 spiro atoms. The zero-order valence-electron chi connectivity index (χ0n) is 17.5. The number of carbonyl (C=O) groups excluding carboxylic acids is 2. The van der Waals surface area contributed by atoms with Gasteiger partial charge < -0.3 is 15.7 Å². The number of rotatable bonds is 13. The van der Waals surface area contributed by atoms with Crippen LogP contribution < -0.4 is 10.6 Å². The molecule has 3 N–H and O–H groups in total. The van der Waals surface area contributed by atoms with Crippen molar-refractivity contribution in [2.75, 3.05) is 0 Å². The Morgan fingerprint density at radius 2 is 1.50 bits per heavy atom. The summed E-state index contributed by atoms with van der Waals surface area (Å²) in [6.07, 6.45) is 3.31. The van der Waals surface area contributed by atoms with Gasteiger partial charge in [-0.1, -0.05) is 34.6 Å². The van der Waals surface area contributed by atoms with Crippen molar-refractivity contribution in [3.63, 3.8) is 0 Å². The van der Waals surface area contributed by atoms with Crippen LogP contribution in [-0.2, 0) is 14.4 Å². The fraction of sp³-hybridized carbons (Fsp3) is 0.850. The number of carboxylic acids is 1. The van der Waals surface area contributed by atoms with E-state index in [1.807, 2.05) is 34.6 Å². The van der Waals surface area contributed by atoms with E-state index in [1.54, 1.807) is 13.8 Å². The van der Waals surface area contributed by atoms with Gasteiger partial charge in [-0.15, -0.1) is 0 Å². The Labute approximate surface area is 158 Å². The van der Waals surface area contributed by atoms with Crippen molar-refractivity contribution in [2.24, 2.45) is 11.8 Å². The Kier molecular flexibility index (Phi) is 10.7. The van der Waals surface area contributed by atoms with Gasteiger partial charge >= 0.3 is 5.97 Å². The summed E-state index contributed by atoms with van der Waals surface area (Å²) in [6, 6.07) is -1.23. The summed E-state index contributed by atoms with van der Waals surface area (Å²) in [5, 5.41) is 15.3. The molecule has 0 aliphatic carbocycles. The summed E-state index contributed by atoms with van der Waals surface area (Å²) in [5.41, 5.74) is -0.261. The molecule has 0 rings (SSSR count). The lowest BCUT2D eigenvalue weighted by atomic mass is 9.91. The predicted octanol–water partition coefficient (Wildman–Crippen LogP) is 3.14. The summed E-state index contributed by atoms with van der Waals surface area (Å²) in [7, 11) is 0. The Hall–Kier alpha value is -1.43. The molecule has 1 amide bonds. The predicted molar refractivity (Wildman–Crippen MR) is 104 cm³/mol. The van der Waals surface area contributed by atoms with E-state index < -0.39 is 24.0 Å². The van der Waals surface area contributed by atoms with Gasteiger partial charge in [0.1, 0.15) is 0 Å². The molecule has 0 bridgehead atoms. The van der Waals surface area contributed by atoms with Gasteiger partial charge in [0.25, 0.3) is 0 Å². The monoisotopic (exact) mass is 370 g/mol. The van der Waals surface area contributed by atoms with Crippen LogP contribution in [0.3, 0.4) is 0 Å². The highest BCUT2D eigenvalue weighted by molar-refractivity contribution is 5.92. The third-order valence-corrected chi connectivity index (χ3v) is 5.58. The van der Waals surface area contributed by atoms with Gasteiger partial charge in [-0.05, 0) is 46.0 Å². The summed E-state index contributed by atoms with van der Waals surface area (Å²) >= 11 is 0. The first-order valence-electron chi connectivity index (χ1n) is 9.89. The normalized spacial score (nSPS) is 15.4. The molecule has 3 atom stereocenters. The van der Waals surface area contributed by atoms with Gasteiger partial charge in [0, 0.05) is 11.5 Å². The fourth-order valence-corrected chi connectivity index (χ4v) is 2.99. The largest absolute Gasteiger partial charge is 0.481 e. The van der Waals surface area contributed by atoms with Gasteiger partial charge in [-0.25, -0.2) is 0 Å². The standard InChI is InChI=1S/C20H38N2O4/c1-8-15(9-2)17(23)14(6)21-18(24)16(12-13(5)19(25)26)22-20(7,10-3)11-4/h13-16,22H,8-12H2,1-7H3,(H,21,24)(H,25,26). The SMILES string of the molecule is CCC(CC)C(=O)C(C)NC(=O)C(CC(C)C(=O)O)NC(C)(CC)CC. The molecule has 0 saturated carbocycles. The fourth-order valence-electron chi connectivity index (χ4n) is 2.99. The van der Waals surface area contributed by atoms with Crippen LogP contribution in [0.4, 0.5) is 0 Å². The van der Waals surface area contributed by atoms with Crippen molar-refractivity contribution in [3.05, 3.63) is 0 Å². The second-order valence-electron chi connectivity index (χ2n) is 7.59. The first-order chi connectivity index (χ1) is 12.0. The minimum absolute atomic E-state index is 0.0297. The second-order valence-corrected chi connectivity index (χ2v) is 7.59. The highest BCUT2D eigenvalue weighted by Crippen LogP contribution is 2.18. The molecule has 3 unspecified atom stereocenters. The molecule has 6 heteroatoms. The lowest BCUT2D eigenvalue weighted by molar-refractivity contribution is -0.142. The number of ketones is 1. The molecular formula is C20H38N2O4. The molecule has 0 fully saturated rings. The summed E-state index contributed by atoms with van der Waals surface area (Å²) in [5.74, 6) is -1.92. The molecule has 0 aromatic rings. The third kappa shape index (κ3) is 7.44. The van der Waals surface area contributed by atoms with Crippen LogP contribution in [0.25, 0.3) is 0 Å². The van der Waals surface area contributed by atoms with E-state index in [0.29, 0.717) is 0 Å². The van der Waals surface area contributed by atoms with Gasteiger partial charge in [-0.3, -0.25) is 14.4 Å². The van der Waals surface area contributed by atoms with Gasteiger partial charge in [0.05, 0.1) is 18.0 Å². The van der Waals surface area contributed by atoms with Gasteiger partial charge in [-0.2, -0.15) is 0 Å². The van der Waals surface area contributed by atoms with Crippen LogP contribution in [0.5, 0.6) is 0 Å². The lowest BCUT2D eigenvalue weighted by Crippen LogP contribution is -2.56. The molecule has 26 heavy (non-hydrogen) atoms. The molecule has 6 nitrogen and oxygen atoms in total. The van der Waals surface area contributed by atoms with Crippen LogP contribution >= 0.6 is 0 Å². The van der Waals surface area contributed by atoms with Crippen molar-refractivity contribution >= 4 is 17.7 Å². The molecule has 0 radical (unpaired) electrons. The molecule has 0 saturated heterocycles. The van der Waals surface area contributed by atoms with Crippen molar-refractivity contribution in [2.45, 2.75) is 98.2 Å². The highest BCUT2D eigenvalue weighted by atomic mass is 16.4. The van der Waals surface area contributed by atoms with Crippen LogP contribution in [0.15, 0.2) is 0 Å². The number of carbonyl (C=O) groups is 3. The van der Waals surface area contributed by atoms with E-state index in [4.69, 9.17) is 0 Å². The lowest BCUT2D eigenvalue weighted by Gasteiger charge is -2.34. The molecule has 0 aromatic carbocycles. The molecule has 152 valence electrons. The quantitative estimate of drug-likeness (QED) is 0.463. The van der Waals surface area contributed by atoms with E-state index in [-0.39, 0.29) is 29.6 Å². The Morgan fingerprint density at radius 3 is 1.88 bits per heavy atom. The van der Waals surface area contributed by atoms with E-state index >= 15 is 0 Å². The van der Waals surface area contributed by atoms with Crippen molar-refractivity contribution in [1.82, 2.24) is 10.6 Å². The van der Waals surface area contributed by atoms with Gasteiger partial charge in [0.2, 0.25) is 5.91 Å². The average Bonchev–Trinajstić information content (AvgIpc) is 2.61. The summed E-state index contributed by atoms with van der Waals surface area (Å²) < 4.78 is 0. The Balaban J connectivity index is 5.25. The van der Waals surface area contributed by atoms with E-state index in [2.05, 4.69) is 10.6 Å². The zero-order chi connectivity index (χ0) is 20.5. The van der Waals surface area contributed by atoms with E-state index in [9.17, 15) is 19.5 Å². The summed E-state index contributed by atoms with van der Waals surface area (Å²) in [4.78, 5) is 36.5. The minimum atomic E-state index is -0.930. The van der Waals surface area contributed by atoms with Crippen LogP contribution in [0.1, 0.15) is 80.6 Å². The number of aliphatic carboxylic acids is 1. The first kappa shape index (κ1) is 24.6. The molecule has 0 aliphatic heterocycles. The van der Waals surface area contributed by atoms with Crippen molar-refractivity contribution < 1.29 is 19.5 Å². The maximum Gasteiger partial charge on any atom is 0.306 e. The number of Topliss-reactive ketones (excluding diaryl/α,β-unsaturated/α-hetero) is 1. The molecule has 0 heterocycles. The smallest absolute Gasteiger partial charge is 0.306 e. The molecule has 0 aromatic heterocycles. The maximum absolute atomic E-state index is 12.8. The highest BCUT2D eigenvalue weighted by Gasteiger charge is 2.32. The summed E-state index contributed by atoms with van der Waals surface area (Å²) in [6.45, 7) is 13.3. The first-order valence-corrected chi connectivity index (χ1v) is 9.89. The Bertz CT molecular complexity index is 470. The van der Waals surface area contributed by atoms with E-state index in [1.165, 1.54) is 0 Å². The topological polar surface area (TPSA) is 95.5 Å². The van der Waals surface area contributed by atoms with E-state index in [0.717, 1.165) is 25.7 Å². The van der Waals surface area contributed by atoms with Crippen molar-refractivity contribution in [3.8, 4) is 0 Å². The number of hydrogen-bond donors (Lipinski definition) is 3. The molecular weight excluding hydrogens is 332 g/mol.